The molecule has 0 radical (unpaired) electrons. The van der Waals surface area contributed by atoms with Crippen LogP contribution in [0.3, 0.4) is 0 Å². The van der Waals surface area contributed by atoms with Gasteiger partial charge in [-0.25, -0.2) is 9.78 Å². The Morgan fingerprint density at radius 2 is 2.04 bits per heavy atom. The SMILES string of the molecule is COc1ccc(C(C)NC(=O)NC(C)Cn2ccnc2)c(OC)c1. The van der Waals surface area contributed by atoms with Crippen molar-refractivity contribution in [2.24, 2.45) is 0 Å². The van der Waals surface area contributed by atoms with Crippen LogP contribution in [-0.4, -0.2) is 35.8 Å². The Kier molecular flexibility index (Phi) is 6.06. The summed E-state index contributed by atoms with van der Waals surface area (Å²) in [6.07, 6.45) is 5.30. The van der Waals surface area contributed by atoms with Gasteiger partial charge in [0.25, 0.3) is 0 Å². The molecule has 2 rings (SSSR count). The molecule has 0 aliphatic rings. The van der Waals surface area contributed by atoms with Crippen LogP contribution in [0.25, 0.3) is 0 Å². The molecule has 2 aromatic rings. The van der Waals surface area contributed by atoms with Crippen LogP contribution in [0.2, 0.25) is 0 Å². The van der Waals surface area contributed by atoms with Gasteiger partial charge in [0.2, 0.25) is 0 Å². The maximum Gasteiger partial charge on any atom is 0.315 e. The quantitative estimate of drug-likeness (QED) is 0.816. The summed E-state index contributed by atoms with van der Waals surface area (Å²) in [6, 6.07) is 5.07. The lowest BCUT2D eigenvalue weighted by atomic mass is 10.1. The van der Waals surface area contributed by atoms with Gasteiger partial charge >= 0.3 is 6.03 Å². The Labute approximate surface area is 142 Å². The van der Waals surface area contributed by atoms with Crippen molar-refractivity contribution in [2.75, 3.05) is 14.2 Å². The summed E-state index contributed by atoms with van der Waals surface area (Å²) in [5.74, 6) is 1.38. The van der Waals surface area contributed by atoms with Gasteiger partial charge in [0.1, 0.15) is 11.5 Å². The predicted molar refractivity (Wildman–Crippen MR) is 91.3 cm³/mol. The average molecular weight is 332 g/mol. The first-order valence-electron chi connectivity index (χ1n) is 7.78. The summed E-state index contributed by atoms with van der Waals surface area (Å²) < 4.78 is 12.5. The van der Waals surface area contributed by atoms with E-state index in [0.717, 1.165) is 5.56 Å². The van der Waals surface area contributed by atoms with Gasteiger partial charge in [-0.15, -0.1) is 0 Å². The fourth-order valence-electron chi connectivity index (χ4n) is 2.47. The van der Waals surface area contributed by atoms with Crippen molar-refractivity contribution in [1.29, 1.82) is 0 Å². The molecule has 2 atom stereocenters. The Hall–Kier alpha value is -2.70. The minimum absolute atomic E-state index is 0.0239. The van der Waals surface area contributed by atoms with E-state index in [-0.39, 0.29) is 18.1 Å². The summed E-state index contributed by atoms with van der Waals surface area (Å²) in [7, 11) is 3.20. The monoisotopic (exact) mass is 332 g/mol. The highest BCUT2D eigenvalue weighted by Gasteiger charge is 2.16. The van der Waals surface area contributed by atoms with Crippen LogP contribution in [0.1, 0.15) is 25.5 Å². The minimum atomic E-state index is -0.229. The van der Waals surface area contributed by atoms with Crippen LogP contribution in [-0.2, 0) is 6.54 Å². The number of urea groups is 1. The zero-order valence-electron chi connectivity index (χ0n) is 14.4. The molecule has 1 heterocycles. The molecule has 0 aliphatic heterocycles. The summed E-state index contributed by atoms with van der Waals surface area (Å²) in [5, 5.41) is 5.84. The van der Waals surface area contributed by atoms with Crippen LogP contribution < -0.4 is 20.1 Å². The summed E-state index contributed by atoms with van der Waals surface area (Å²) >= 11 is 0. The second-order valence-corrected chi connectivity index (χ2v) is 5.61. The molecule has 2 N–H and O–H groups in total. The number of aromatic nitrogens is 2. The fourth-order valence-corrected chi connectivity index (χ4v) is 2.47. The van der Waals surface area contributed by atoms with E-state index in [1.165, 1.54) is 0 Å². The normalized spacial score (nSPS) is 13.0. The highest BCUT2D eigenvalue weighted by molar-refractivity contribution is 5.74. The predicted octanol–water partition coefficient (Wildman–Crippen LogP) is 2.35. The number of nitrogens with zero attached hydrogens (tertiary/aromatic N) is 2. The number of imidazole rings is 1. The highest BCUT2D eigenvalue weighted by Crippen LogP contribution is 2.29. The lowest BCUT2D eigenvalue weighted by Crippen LogP contribution is -2.43. The molecule has 2 amide bonds. The van der Waals surface area contributed by atoms with Crippen molar-refractivity contribution in [1.82, 2.24) is 20.2 Å². The Morgan fingerprint density at radius 1 is 1.25 bits per heavy atom. The first kappa shape index (κ1) is 17.7. The van der Waals surface area contributed by atoms with Gasteiger partial charge in [0.05, 0.1) is 26.6 Å². The van der Waals surface area contributed by atoms with Crippen molar-refractivity contribution in [3.8, 4) is 11.5 Å². The van der Waals surface area contributed by atoms with E-state index >= 15 is 0 Å². The molecule has 130 valence electrons. The van der Waals surface area contributed by atoms with Crippen LogP contribution in [0.5, 0.6) is 11.5 Å². The number of nitrogens with one attached hydrogen (secondary N) is 2. The molecule has 0 bridgehead atoms. The molecule has 0 saturated heterocycles. The van der Waals surface area contributed by atoms with Crippen LogP contribution in [0, 0.1) is 0 Å². The molecule has 1 aromatic heterocycles. The van der Waals surface area contributed by atoms with Crippen molar-refractivity contribution < 1.29 is 14.3 Å². The van der Waals surface area contributed by atoms with E-state index in [1.54, 1.807) is 32.8 Å². The molecule has 0 fully saturated rings. The number of hydrogen-bond donors (Lipinski definition) is 2. The van der Waals surface area contributed by atoms with Crippen LogP contribution in [0.4, 0.5) is 4.79 Å². The molecule has 7 heteroatoms. The maximum absolute atomic E-state index is 12.2. The van der Waals surface area contributed by atoms with Gasteiger partial charge in [-0.2, -0.15) is 0 Å². The number of carbonyl (C=O) groups is 1. The first-order chi connectivity index (χ1) is 11.5. The molecule has 0 spiro atoms. The molecule has 7 nitrogen and oxygen atoms in total. The molecule has 0 aliphatic carbocycles. The van der Waals surface area contributed by atoms with Gasteiger partial charge in [-0.1, -0.05) is 0 Å². The van der Waals surface area contributed by atoms with E-state index in [1.807, 2.05) is 36.7 Å². The van der Waals surface area contributed by atoms with Gasteiger partial charge in [-0.3, -0.25) is 0 Å². The summed E-state index contributed by atoms with van der Waals surface area (Å²) in [5.41, 5.74) is 0.885. The zero-order valence-corrected chi connectivity index (χ0v) is 14.4. The number of rotatable bonds is 7. The molecular formula is C17H24N4O3. The molecule has 0 saturated carbocycles. The van der Waals surface area contributed by atoms with Crippen LogP contribution in [0.15, 0.2) is 36.9 Å². The number of carbonyl (C=O) groups excluding carboxylic acids is 1. The second-order valence-electron chi connectivity index (χ2n) is 5.61. The van der Waals surface area contributed by atoms with Crippen molar-refractivity contribution in [3.63, 3.8) is 0 Å². The largest absolute Gasteiger partial charge is 0.497 e. The smallest absolute Gasteiger partial charge is 0.315 e. The standard InChI is InChI=1S/C17H24N4O3/c1-12(10-21-8-7-18-11-21)19-17(22)20-13(2)15-6-5-14(23-3)9-16(15)24-4/h5-9,11-13H,10H2,1-4H3,(H2,19,20,22). The number of ether oxygens (including phenoxy) is 2. The zero-order chi connectivity index (χ0) is 17.5. The Balaban J connectivity index is 1.93. The third-order valence-corrected chi connectivity index (χ3v) is 3.68. The third-order valence-electron chi connectivity index (χ3n) is 3.68. The number of hydrogen-bond acceptors (Lipinski definition) is 4. The van der Waals surface area contributed by atoms with Gasteiger partial charge < -0.3 is 24.7 Å². The lowest BCUT2D eigenvalue weighted by Gasteiger charge is -2.20. The summed E-state index contributed by atoms with van der Waals surface area (Å²) in [4.78, 5) is 16.2. The third kappa shape index (κ3) is 4.65. The molecule has 24 heavy (non-hydrogen) atoms. The molecule has 2 unspecified atom stereocenters. The van der Waals surface area contributed by atoms with Gasteiger partial charge in [0.15, 0.2) is 0 Å². The minimum Gasteiger partial charge on any atom is -0.497 e. The lowest BCUT2D eigenvalue weighted by molar-refractivity contribution is 0.233. The van der Waals surface area contributed by atoms with E-state index < -0.39 is 0 Å². The number of benzene rings is 1. The summed E-state index contributed by atoms with van der Waals surface area (Å²) in [6.45, 7) is 4.51. The number of methoxy groups -OCH3 is 2. The van der Waals surface area contributed by atoms with E-state index in [0.29, 0.717) is 18.0 Å². The van der Waals surface area contributed by atoms with E-state index in [9.17, 15) is 4.79 Å². The van der Waals surface area contributed by atoms with Crippen LogP contribution >= 0.6 is 0 Å². The average Bonchev–Trinajstić information content (AvgIpc) is 3.06. The van der Waals surface area contributed by atoms with E-state index in [4.69, 9.17) is 9.47 Å². The van der Waals surface area contributed by atoms with Gasteiger partial charge in [0, 0.05) is 36.6 Å². The highest BCUT2D eigenvalue weighted by atomic mass is 16.5. The Morgan fingerprint density at radius 3 is 2.67 bits per heavy atom. The topological polar surface area (TPSA) is 77.4 Å². The number of amides is 2. The van der Waals surface area contributed by atoms with Crippen molar-refractivity contribution in [2.45, 2.75) is 32.5 Å². The van der Waals surface area contributed by atoms with Crippen molar-refractivity contribution in [3.05, 3.63) is 42.5 Å². The molecular weight excluding hydrogens is 308 g/mol. The van der Waals surface area contributed by atoms with E-state index in [2.05, 4.69) is 15.6 Å². The Bertz CT molecular complexity index is 658. The maximum atomic E-state index is 12.2. The van der Waals surface area contributed by atoms with Gasteiger partial charge in [-0.05, 0) is 26.0 Å². The molecule has 1 aromatic carbocycles. The first-order valence-corrected chi connectivity index (χ1v) is 7.78. The van der Waals surface area contributed by atoms with Crippen molar-refractivity contribution >= 4 is 6.03 Å². The fraction of sp³-hybridized carbons (Fsp3) is 0.412. The second kappa shape index (κ2) is 8.24.